The van der Waals surface area contributed by atoms with Gasteiger partial charge in [-0.1, -0.05) is 0 Å². The van der Waals surface area contributed by atoms with Crippen molar-refractivity contribution in [1.29, 1.82) is 0 Å². The van der Waals surface area contributed by atoms with Crippen molar-refractivity contribution >= 4 is 13.8 Å². The number of anilines is 1. The van der Waals surface area contributed by atoms with Gasteiger partial charge in [-0.05, 0) is 0 Å². The van der Waals surface area contributed by atoms with Crippen LogP contribution in [0.1, 0.15) is 18.2 Å². The highest BCUT2D eigenvalue weighted by atomic mass is 31.2. The Morgan fingerprint density at radius 1 is 1.50 bits per heavy atom. The lowest BCUT2D eigenvalue weighted by molar-refractivity contribution is -0.0435. The van der Waals surface area contributed by atoms with E-state index in [1.165, 1.54) is 10.8 Å². The molecule has 1 aromatic heterocycles. The summed E-state index contributed by atoms with van der Waals surface area (Å²) in [6.07, 6.45) is -1.69. The summed E-state index contributed by atoms with van der Waals surface area (Å²) >= 11 is 0. The lowest BCUT2D eigenvalue weighted by atomic mass is 10.2. The highest BCUT2D eigenvalue weighted by Crippen LogP contribution is 2.43. The van der Waals surface area contributed by atoms with E-state index in [2.05, 4.69) is 9.51 Å². The number of aliphatic hydroxyl groups is 2. The second-order valence-electron chi connectivity index (χ2n) is 4.68. The Kier molecular flexibility index (Phi) is 4.97. The number of nitrogens with zero attached hydrogens (tertiary/aromatic N) is 2. The maximum absolute atomic E-state index is 11.4. The van der Waals surface area contributed by atoms with Crippen LogP contribution in [0.3, 0.4) is 0 Å². The quantitative estimate of drug-likeness (QED) is 0.380. The van der Waals surface area contributed by atoms with E-state index in [9.17, 15) is 14.5 Å². The first-order valence-corrected chi connectivity index (χ1v) is 7.77. The molecule has 3 atom stereocenters. The van der Waals surface area contributed by atoms with E-state index in [1.807, 2.05) is 0 Å². The molecule has 1 aliphatic rings. The van der Waals surface area contributed by atoms with Crippen molar-refractivity contribution in [3.05, 3.63) is 22.1 Å². The number of nitrogen functional groups attached to an aromatic ring is 1. The van der Waals surface area contributed by atoms with Gasteiger partial charge in [0.25, 0.3) is 5.56 Å². The second kappa shape index (κ2) is 6.42. The monoisotopic (exact) mass is 337 g/mol. The minimum Gasteiger partial charge on any atom is -0.394 e. The Morgan fingerprint density at radius 2 is 2.18 bits per heavy atom. The molecule has 0 bridgehead atoms. The highest BCUT2D eigenvalue weighted by molar-refractivity contribution is 7.46. The van der Waals surface area contributed by atoms with Crippen LogP contribution in [0.4, 0.5) is 5.95 Å². The summed E-state index contributed by atoms with van der Waals surface area (Å²) in [5.41, 5.74) is 4.92. The fraction of sp³-hybridized carbons (Fsp3) is 0.600. The summed E-state index contributed by atoms with van der Waals surface area (Å²) in [4.78, 5) is 32.7. The Balaban J connectivity index is 2.27. The molecule has 1 aliphatic heterocycles. The zero-order valence-electron chi connectivity index (χ0n) is 11.3. The molecule has 12 heteroatoms. The predicted octanol–water partition coefficient (Wildman–Crippen LogP) is -1.92. The zero-order valence-corrected chi connectivity index (χ0v) is 12.2. The number of hydrogen-bond acceptors (Lipinski definition) is 8. The van der Waals surface area contributed by atoms with Crippen LogP contribution in [-0.4, -0.2) is 48.4 Å². The summed E-state index contributed by atoms with van der Waals surface area (Å²) < 4.78 is 22.1. The molecule has 1 aromatic rings. The van der Waals surface area contributed by atoms with Crippen LogP contribution in [0.5, 0.6) is 0 Å². The molecule has 0 spiro atoms. The number of ether oxygens (including phenoxy) is 1. The summed E-state index contributed by atoms with van der Waals surface area (Å²) in [7, 11) is -4.76. The molecule has 11 nitrogen and oxygen atoms in total. The van der Waals surface area contributed by atoms with Gasteiger partial charge in [0.15, 0.2) is 0 Å². The first kappa shape index (κ1) is 17.0. The molecular weight excluding hydrogens is 321 g/mol. The van der Waals surface area contributed by atoms with Crippen molar-refractivity contribution in [1.82, 2.24) is 9.55 Å². The number of nitrogens with two attached hydrogens (primary N) is 1. The van der Waals surface area contributed by atoms with Crippen molar-refractivity contribution in [3.8, 4) is 0 Å². The van der Waals surface area contributed by atoms with Crippen molar-refractivity contribution < 1.29 is 33.8 Å². The minimum absolute atomic E-state index is 0.0160. The highest BCUT2D eigenvalue weighted by Gasteiger charge is 2.40. The van der Waals surface area contributed by atoms with E-state index in [-0.39, 0.29) is 17.9 Å². The Hall–Kier alpha value is -1.33. The van der Waals surface area contributed by atoms with Crippen LogP contribution in [0.25, 0.3) is 0 Å². The molecule has 1 fully saturated rings. The van der Waals surface area contributed by atoms with Gasteiger partial charge in [0, 0.05) is 12.6 Å². The summed E-state index contributed by atoms with van der Waals surface area (Å²) in [6.45, 7) is -1.08. The SMILES string of the molecule is Nc1nc(=O)c(CO)cn1[C@H]1C[C@H](OP(=O)(O)O)[C@@H](CO)O1. The van der Waals surface area contributed by atoms with E-state index >= 15 is 0 Å². The molecule has 0 aromatic carbocycles. The number of rotatable bonds is 5. The third kappa shape index (κ3) is 3.70. The molecule has 0 aliphatic carbocycles. The molecule has 22 heavy (non-hydrogen) atoms. The van der Waals surface area contributed by atoms with Gasteiger partial charge in [-0.2, -0.15) is 4.98 Å². The number of aromatic nitrogens is 2. The molecule has 0 unspecified atom stereocenters. The number of aliphatic hydroxyl groups excluding tert-OH is 2. The van der Waals surface area contributed by atoms with Crippen LogP contribution in [-0.2, 0) is 20.4 Å². The summed E-state index contributed by atoms with van der Waals surface area (Å²) in [5, 5.41) is 18.3. The van der Waals surface area contributed by atoms with Gasteiger partial charge in [-0.3, -0.25) is 13.9 Å². The van der Waals surface area contributed by atoms with E-state index in [4.69, 9.17) is 25.4 Å². The topological polar surface area (TPSA) is 177 Å². The van der Waals surface area contributed by atoms with Crippen molar-refractivity contribution in [3.63, 3.8) is 0 Å². The van der Waals surface area contributed by atoms with E-state index in [0.717, 1.165) is 0 Å². The van der Waals surface area contributed by atoms with Gasteiger partial charge in [-0.25, -0.2) is 4.57 Å². The Bertz CT molecular complexity index is 644. The van der Waals surface area contributed by atoms with Gasteiger partial charge >= 0.3 is 7.82 Å². The average Bonchev–Trinajstić information content (AvgIpc) is 2.79. The fourth-order valence-electron chi connectivity index (χ4n) is 2.18. The maximum atomic E-state index is 11.4. The van der Waals surface area contributed by atoms with Crippen molar-refractivity contribution in [2.45, 2.75) is 31.5 Å². The molecule has 124 valence electrons. The molecule has 0 amide bonds. The van der Waals surface area contributed by atoms with E-state index in [1.54, 1.807) is 0 Å². The minimum atomic E-state index is -4.76. The first-order chi connectivity index (χ1) is 10.2. The Morgan fingerprint density at radius 3 is 2.73 bits per heavy atom. The van der Waals surface area contributed by atoms with E-state index < -0.39 is 45.0 Å². The Labute approximate surface area is 124 Å². The third-order valence-corrected chi connectivity index (χ3v) is 3.71. The van der Waals surface area contributed by atoms with Gasteiger partial charge < -0.3 is 30.5 Å². The van der Waals surface area contributed by atoms with Crippen LogP contribution in [0, 0.1) is 0 Å². The van der Waals surface area contributed by atoms with Crippen LogP contribution >= 0.6 is 7.82 Å². The van der Waals surface area contributed by atoms with Gasteiger partial charge in [-0.15, -0.1) is 0 Å². The first-order valence-electron chi connectivity index (χ1n) is 6.24. The summed E-state index contributed by atoms with van der Waals surface area (Å²) in [5.74, 6) is -0.194. The van der Waals surface area contributed by atoms with Gasteiger partial charge in [0.05, 0.1) is 18.8 Å². The fourth-order valence-corrected chi connectivity index (χ4v) is 2.76. The number of phosphoric acid groups is 1. The van der Waals surface area contributed by atoms with E-state index in [0.29, 0.717) is 0 Å². The van der Waals surface area contributed by atoms with Crippen molar-refractivity contribution in [2.24, 2.45) is 0 Å². The normalized spacial score (nSPS) is 25.5. The van der Waals surface area contributed by atoms with Gasteiger partial charge in [0.2, 0.25) is 5.95 Å². The van der Waals surface area contributed by atoms with Crippen LogP contribution in [0.2, 0.25) is 0 Å². The number of hydrogen-bond donors (Lipinski definition) is 5. The second-order valence-corrected chi connectivity index (χ2v) is 5.87. The van der Waals surface area contributed by atoms with Crippen molar-refractivity contribution in [2.75, 3.05) is 12.3 Å². The molecule has 0 radical (unpaired) electrons. The third-order valence-electron chi connectivity index (χ3n) is 3.16. The summed E-state index contributed by atoms with van der Waals surface area (Å²) in [6, 6.07) is 0. The average molecular weight is 337 g/mol. The lowest BCUT2D eigenvalue weighted by Gasteiger charge is -2.17. The molecule has 1 saturated heterocycles. The molecular formula is C10H16N3O8P. The molecule has 2 heterocycles. The zero-order chi connectivity index (χ0) is 16.5. The largest absolute Gasteiger partial charge is 0.469 e. The molecule has 2 rings (SSSR count). The maximum Gasteiger partial charge on any atom is 0.469 e. The van der Waals surface area contributed by atoms with Crippen LogP contribution < -0.4 is 11.3 Å². The smallest absolute Gasteiger partial charge is 0.394 e. The molecule has 6 N–H and O–H groups in total. The van der Waals surface area contributed by atoms with Crippen LogP contribution in [0.15, 0.2) is 11.0 Å². The molecule has 0 saturated carbocycles. The van der Waals surface area contributed by atoms with Gasteiger partial charge in [0.1, 0.15) is 18.4 Å². The lowest BCUT2D eigenvalue weighted by Crippen LogP contribution is -2.27. The number of phosphoric ester groups is 1. The standard InChI is InChI=1S/C10H16N3O8P/c11-10-12-9(16)5(3-14)2-13(10)8-1-6(7(4-15)20-8)21-22(17,18)19/h2,6-8,14-15H,1,3-4H2,(H2,11,12,16)(H2,17,18,19)/t6-,7+,8+/m0/s1. The predicted molar refractivity (Wildman–Crippen MR) is 71.4 cm³/mol.